The number of aromatic nitrogens is 4. The first-order valence-electron chi connectivity index (χ1n) is 52.0. The van der Waals surface area contributed by atoms with Gasteiger partial charge in [0.1, 0.15) is 0 Å². The van der Waals surface area contributed by atoms with Crippen molar-refractivity contribution in [3.8, 4) is 179 Å². The van der Waals surface area contributed by atoms with Gasteiger partial charge in [-0.1, -0.05) is 384 Å². The molecule has 23 rings (SSSR count). The number of rotatable bonds is 25. The molecule has 0 N–H and O–H groups in total. The third-order valence-corrected chi connectivity index (χ3v) is 28.5. The van der Waals surface area contributed by atoms with E-state index in [-0.39, 0.29) is 40.2 Å². The predicted molar refractivity (Wildman–Crippen MR) is 621 cm³/mol. The molecular weight excluding hydrogens is 2170 g/mol. The van der Waals surface area contributed by atoms with Crippen molar-refractivity contribution in [3.63, 3.8) is 0 Å². The van der Waals surface area contributed by atoms with Gasteiger partial charge in [-0.25, -0.2) is 0 Å². The maximum absolute atomic E-state index is 4.52. The second kappa shape index (κ2) is 51.5. The van der Waals surface area contributed by atoms with E-state index in [4.69, 9.17) is 0 Å². The number of hydrogen-bond acceptors (Lipinski definition) is 4. The van der Waals surface area contributed by atoms with Crippen LogP contribution in [0.4, 0.5) is 0 Å². The van der Waals surface area contributed by atoms with Crippen LogP contribution < -0.4 is 0 Å². The molecule has 1 aliphatic rings. The first-order valence-corrected chi connectivity index (χ1v) is 52.0. The van der Waals surface area contributed by atoms with Crippen molar-refractivity contribution >= 4 is 0 Å². The summed E-state index contributed by atoms with van der Waals surface area (Å²) in [6, 6.07) is 186. The average molecular weight is 2290 g/mol. The normalized spacial score (nSPS) is 12.3. The summed E-state index contributed by atoms with van der Waals surface area (Å²) in [4.78, 5) is 18.0. The van der Waals surface area contributed by atoms with E-state index in [9.17, 15) is 0 Å². The number of pyridine rings is 4. The minimum Gasteiger partial charge on any atom is -0.305 e. The molecule has 1 saturated carbocycles. The zero-order chi connectivity index (χ0) is 100. The molecule has 4 nitrogen and oxygen atoms in total. The number of aryl methyl sites for hydroxylation is 6. The fraction of sp³-hybridized carbons (Fsp3) is 0.111. The van der Waals surface area contributed by atoms with Crippen LogP contribution in [-0.4, -0.2) is 19.9 Å². The Hall–Kier alpha value is -16.1. The third-order valence-electron chi connectivity index (χ3n) is 28.5. The van der Waals surface area contributed by atoms with Crippen molar-refractivity contribution in [2.75, 3.05) is 0 Å². The Morgan fingerprint density at radius 2 is 0.440 bits per heavy atom. The predicted octanol–water partition coefficient (Wildman–Crippen LogP) is 38.2. The molecule has 2 radical (unpaired) electrons. The third kappa shape index (κ3) is 26.5. The molecule has 18 aromatic carbocycles. The van der Waals surface area contributed by atoms with Crippen LogP contribution in [0.1, 0.15) is 108 Å². The topological polar surface area (TPSA) is 51.6 Å². The summed E-state index contributed by atoms with van der Waals surface area (Å²) in [6.45, 7) is 8.84. The van der Waals surface area contributed by atoms with Gasteiger partial charge in [0.2, 0.25) is 0 Å². The molecule has 1 aliphatic carbocycles. The summed E-state index contributed by atoms with van der Waals surface area (Å²) in [5, 5.41) is 0. The minimum atomic E-state index is 0. The van der Waals surface area contributed by atoms with Gasteiger partial charge in [-0.2, -0.15) is 0 Å². The van der Waals surface area contributed by atoms with Crippen LogP contribution in [0.5, 0.6) is 0 Å². The molecule has 4 heterocycles. The number of unbranched alkanes of at least 4 members (excludes halogenated alkanes) is 3. The quantitative estimate of drug-likeness (QED) is 0.0423. The smallest absolute Gasteiger partial charge is 0.0160 e. The Labute approximate surface area is 913 Å². The van der Waals surface area contributed by atoms with Crippen molar-refractivity contribution in [1.29, 1.82) is 0 Å². The van der Waals surface area contributed by atoms with E-state index in [1.807, 2.05) is 122 Å². The number of hydrogen-bond donors (Lipinski definition) is 0. The van der Waals surface area contributed by atoms with Crippen LogP contribution in [0.3, 0.4) is 0 Å². The average Bonchev–Trinajstić information content (AvgIpc) is 0.776. The Kier molecular flexibility index (Phi) is 35.6. The number of benzene rings is 18. The fourth-order valence-corrected chi connectivity index (χ4v) is 21.0. The van der Waals surface area contributed by atoms with Crippen LogP contribution in [0, 0.1) is 52.0 Å². The van der Waals surface area contributed by atoms with Crippen molar-refractivity contribution in [2.45, 2.75) is 104 Å². The van der Waals surface area contributed by atoms with Gasteiger partial charge in [-0.3, -0.25) is 0 Å². The van der Waals surface area contributed by atoms with Crippen LogP contribution in [0.15, 0.2) is 510 Å². The second-order valence-electron chi connectivity index (χ2n) is 38.6. The van der Waals surface area contributed by atoms with E-state index < -0.39 is 0 Å². The molecule has 0 bridgehead atoms. The Balaban J connectivity index is 0.000000131. The van der Waals surface area contributed by atoms with Gasteiger partial charge in [-0.15, -0.1) is 142 Å². The summed E-state index contributed by atoms with van der Waals surface area (Å²) in [6.07, 6.45) is 19.9. The van der Waals surface area contributed by atoms with Gasteiger partial charge in [0.15, 0.2) is 0 Å². The Bertz CT molecular complexity index is 8120. The maximum Gasteiger partial charge on any atom is 0.0160 e. The molecule has 0 aliphatic heterocycles. The van der Waals surface area contributed by atoms with Crippen molar-refractivity contribution in [1.82, 2.24) is 19.9 Å². The van der Waals surface area contributed by atoms with Crippen LogP contribution in [0.2, 0.25) is 0 Å². The van der Waals surface area contributed by atoms with Gasteiger partial charge in [-0.05, 0) is 311 Å². The molecule has 0 amide bonds. The SMILES string of the molecule is Cc1cc(-c2cccc(-c3cccc(CCCCCCc4ccccc4)c3)c2)cc(C)c1-c1cc[c-]c(-c2ccccn2)c1.Cc1cc(-c2cccc(-c3ccccc3)c2)cc(C)c1-c1cc[c-]c(-c2ccccn2)c1.[Ir].[Ir].[c-]1ccc(-c2ccc(-c3cccc(-c4cccc(-c5ccccc5)c4)c3)cc2)cc1-c1ccccn1.[c-]1ccc(-c2cccc(-c3cccc(C4CCCCC4c4ccccc4)c3)c2)cc1-c1ccccn1. The molecule has 22 aromatic rings. The van der Waals surface area contributed by atoms with Crippen LogP contribution in [-0.2, 0) is 53.1 Å². The van der Waals surface area contributed by atoms with E-state index in [1.165, 1.54) is 230 Å². The monoisotopic (exact) mass is 2290 g/mol. The van der Waals surface area contributed by atoms with Gasteiger partial charge < -0.3 is 19.9 Å². The van der Waals surface area contributed by atoms with Crippen molar-refractivity contribution in [2.24, 2.45) is 0 Å². The zero-order valence-electron chi connectivity index (χ0n) is 85.2. The van der Waals surface area contributed by atoms with E-state index in [2.05, 4.69) is 460 Å². The minimum absolute atomic E-state index is 0. The van der Waals surface area contributed by atoms with E-state index in [1.54, 1.807) is 0 Å². The van der Waals surface area contributed by atoms with E-state index >= 15 is 0 Å². The maximum atomic E-state index is 4.52. The molecule has 736 valence electrons. The Morgan fingerprint density at radius 3 is 0.800 bits per heavy atom. The standard InChI is InChI=1S/C43H40N.C35H24N.C35H30N.C31H24N.2Ir/c1-32-27-41(28-33(2)43(32)40-24-14-23-39(31-40)42-25-10-11-26-44-42)38-22-13-21-37(30-38)36-20-12-19-35(29-36)18-7-4-3-6-15-34-16-8-5-9-17-34;1-2-9-26(10-3-1)29-11-6-14-32(23-29)33-15-7-12-30(24-33)27-18-20-28(21-19-27)31-13-8-16-34(25-31)35-17-4-5-22-36-35;1-2-11-26(12-3-1)33-19-4-5-20-34(33)31-17-9-15-29(24-31)27-13-8-14-28(23-27)30-16-10-18-32(25-30)35-21-6-7-22-36-35;1-22-18-29(26-13-8-12-25(20-26)24-10-4-3-5-11-24)19-23(2)31(22)28-15-9-14-27(21-28)30-16-6-7-17-32-30;;/h5,8-14,16-17,19-22,24-31H,3-4,6-7,15,18H2,1-2H3;1-15,17-25H;1-3,6-17,21-25,33-34H,4-5,19-20H2;3-13,15-21H,1-2H3;;/q4*-1;;. The van der Waals surface area contributed by atoms with E-state index in [0.717, 1.165) is 57.0 Å². The molecule has 2 atom stereocenters. The first-order chi connectivity index (χ1) is 73.0. The summed E-state index contributed by atoms with van der Waals surface area (Å²) in [5.74, 6) is 1.18. The van der Waals surface area contributed by atoms with Gasteiger partial charge >= 0.3 is 0 Å². The van der Waals surface area contributed by atoms with Crippen LogP contribution >= 0.6 is 0 Å². The summed E-state index contributed by atoms with van der Waals surface area (Å²) < 4.78 is 0. The molecular formula is C144H118Ir2N4-4. The summed E-state index contributed by atoms with van der Waals surface area (Å²) in [5.41, 5.74) is 48.3. The summed E-state index contributed by atoms with van der Waals surface area (Å²) in [7, 11) is 0. The van der Waals surface area contributed by atoms with Gasteiger partial charge in [0.05, 0.1) is 0 Å². The molecule has 0 spiro atoms. The zero-order valence-corrected chi connectivity index (χ0v) is 90.0. The van der Waals surface area contributed by atoms with Gasteiger partial charge in [0, 0.05) is 65.0 Å². The second-order valence-corrected chi connectivity index (χ2v) is 38.6. The van der Waals surface area contributed by atoms with Crippen molar-refractivity contribution in [3.05, 3.63) is 579 Å². The Morgan fingerprint density at radius 1 is 0.193 bits per heavy atom. The van der Waals surface area contributed by atoms with Gasteiger partial charge in [0.25, 0.3) is 0 Å². The van der Waals surface area contributed by atoms with Crippen LogP contribution in [0.25, 0.3) is 179 Å². The molecule has 6 heteroatoms. The fourth-order valence-electron chi connectivity index (χ4n) is 21.0. The molecule has 1 fully saturated rings. The number of nitrogens with zero attached hydrogens (tertiary/aromatic N) is 4. The largest absolute Gasteiger partial charge is 0.305 e. The molecule has 2 unspecified atom stereocenters. The van der Waals surface area contributed by atoms with Crippen molar-refractivity contribution < 1.29 is 40.2 Å². The van der Waals surface area contributed by atoms with E-state index in [0.29, 0.717) is 11.8 Å². The molecule has 0 saturated heterocycles. The molecule has 150 heavy (non-hydrogen) atoms. The first kappa shape index (κ1) is 104. The molecule has 4 aromatic heterocycles. The summed E-state index contributed by atoms with van der Waals surface area (Å²) >= 11 is 0.